The summed E-state index contributed by atoms with van der Waals surface area (Å²) >= 11 is 0. The van der Waals surface area contributed by atoms with E-state index in [9.17, 15) is 0 Å². The Labute approximate surface area is 269 Å². The third-order valence-electron chi connectivity index (χ3n) is 8.75. The largest absolute Gasteiger partial charge is 0.310 e. The Morgan fingerprint density at radius 2 is 0.652 bits per heavy atom. The van der Waals surface area contributed by atoms with E-state index in [2.05, 4.69) is 192 Å². The van der Waals surface area contributed by atoms with Gasteiger partial charge in [0.05, 0.1) is 11.4 Å². The monoisotopic (exact) mass is 588 g/mol. The lowest BCUT2D eigenvalue weighted by molar-refractivity contribution is 1.30. The molecular formula is C44H32N2. The number of hydrogen-bond donors (Lipinski definition) is 0. The number of hydrogen-bond acceptors (Lipinski definition) is 2. The smallest absolute Gasteiger partial charge is 0.0546 e. The molecule has 0 bridgehead atoms. The number of nitrogens with zero attached hydrogens (tertiary/aromatic N) is 2. The Morgan fingerprint density at radius 3 is 1.02 bits per heavy atom. The maximum atomic E-state index is 3.97. The van der Waals surface area contributed by atoms with Crippen molar-refractivity contribution in [2.24, 2.45) is 0 Å². The Bertz CT molecular complexity index is 2270. The van der Waals surface area contributed by atoms with Gasteiger partial charge in [0.25, 0.3) is 0 Å². The maximum absolute atomic E-state index is 3.97. The van der Waals surface area contributed by atoms with Gasteiger partial charge >= 0.3 is 0 Å². The first-order valence-corrected chi connectivity index (χ1v) is 15.7. The van der Waals surface area contributed by atoms with Crippen LogP contribution in [0.25, 0.3) is 38.4 Å². The number of rotatable bonds is 7. The first-order chi connectivity index (χ1) is 22.8. The molecule has 2 nitrogen and oxygen atoms in total. The molecule has 0 spiro atoms. The van der Waals surface area contributed by atoms with E-state index in [0.717, 1.165) is 39.7 Å². The topological polar surface area (TPSA) is 6.48 Å². The highest BCUT2D eigenvalue weighted by Gasteiger charge is 2.21. The Balaban J connectivity index is 1.46. The molecule has 8 rings (SSSR count). The lowest BCUT2D eigenvalue weighted by Gasteiger charge is -2.29. The van der Waals surface area contributed by atoms with Crippen molar-refractivity contribution >= 4 is 72.5 Å². The van der Waals surface area contributed by atoms with E-state index in [4.69, 9.17) is 0 Å². The molecule has 0 saturated heterocycles. The zero-order valence-corrected chi connectivity index (χ0v) is 25.4. The van der Waals surface area contributed by atoms with Crippen molar-refractivity contribution in [3.63, 3.8) is 0 Å². The minimum absolute atomic E-state index is 1.10. The third-order valence-corrected chi connectivity index (χ3v) is 8.75. The van der Waals surface area contributed by atoms with Crippen LogP contribution < -0.4 is 9.80 Å². The van der Waals surface area contributed by atoms with Crippen LogP contribution in [0.2, 0.25) is 0 Å². The first-order valence-electron chi connectivity index (χ1n) is 15.7. The number of para-hydroxylation sites is 3. The van der Waals surface area contributed by atoms with Crippen molar-refractivity contribution in [3.05, 3.63) is 188 Å². The van der Waals surface area contributed by atoms with Crippen LogP contribution in [-0.4, -0.2) is 0 Å². The molecule has 0 aliphatic heterocycles. The average Bonchev–Trinajstić information content (AvgIpc) is 3.14. The third kappa shape index (κ3) is 4.77. The fraction of sp³-hybridized carbons (Fsp3) is 0. The molecule has 0 atom stereocenters. The minimum atomic E-state index is 1.10. The fourth-order valence-electron chi connectivity index (χ4n) is 6.63. The van der Waals surface area contributed by atoms with E-state index in [1.807, 2.05) is 6.08 Å². The molecule has 2 heteroatoms. The molecule has 0 saturated carbocycles. The number of fused-ring (bicyclic) bond motifs is 5. The van der Waals surface area contributed by atoms with Gasteiger partial charge in [-0.15, -0.1) is 0 Å². The molecule has 0 N–H and O–H groups in total. The fourth-order valence-corrected chi connectivity index (χ4v) is 6.63. The second-order valence-corrected chi connectivity index (χ2v) is 11.5. The summed E-state index contributed by atoms with van der Waals surface area (Å²) in [5.74, 6) is 0. The van der Waals surface area contributed by atoms with Crippen molar-refractivity contribution in [1.29, 1.82) is 0 Å². The van der Waals surface area contributed by atoms with Crippen LogP contribution >= 0.6 is 0 Å². The second kappa shape index (κ2) is 11.8. The summed E-state index contributed by atoms with van der Waals surface area (Å²) in [5, 5.41) is 7.27. The van der Waals surface area contributed by atoms with Crippen molar-refractivity contribution in [2.45, 2.75) is 0 Å². The molecule has 8 aromatic rings. The molecule has 0 unspecified atom stereocenters. The lowest BCUT2D eigenvalue weighted by Crippen LogP contribution is -2.11. The molecule has 0 fully saturated rings. The molecule has 0 radical (unpaired) electrons. The van der Waals surface area contributed by atoms with E-state index in [1.165, 1.54) is 32.3 Å². The summed E-state index contributed by atoms with van der Waals surface area (Å²) in [4.78, 5) is 4.75. The average molecular weight is 589 g/mol. The van der Waals surface area contributed by atoms with Gasteiger partial charge in [0.15, 0.2) is 0 Å². The molecule has 218 valence electrons. The summed E-state index contributed by atoms with van der Waals surface area (Å²) in [6, 6.07) is 63.0. The van der Waals surface area contributed by atoms with Gasteiger partial charge in [-0.3, -0.25) is 0 Å². The van der Waals surface area contributed by atoms with Gasteiger partial charge in [-0.2, -0.15) is 0 Å². The predicted octanol–water partition coefficient (Wildman–Crippen LogP) is 12.7. The van der Waals surface area contributed by atoms with Crippen LogP contribution in [0.1, 0.15) is 5.56 Å². The number of benzene rings is 8. The van der Waals surface area contributed by atoms with Gasteiger partial charge in [-0.25, -0.2) is 0 Å². The SMILES string of the molecule is C=Cc1ccc(N(c2ccccc2)c2cc3c4ccccc4c(N(c4ccccc4)c4ccccc4)cc3c3ccccc23)cc1. The highest BCUT2D eigenvalue weighted by atomic mass is 15.1. The second-order valence-electron chi connectivity index (χ2n) is 11.5. The van der Waals surface area contributed by atoms with Gasteiger partial charge in [0, 0.05) is 33.5 Å². The molecule has 0 aromatic heterocycles. The normalized spacial score (nSPS) is 11.1. The first kappa shape index (κ1) is 27.4. The van der Waals surface area contributed by atoms with E-state index in [0.29, 0.717) is 0 Å². The van der Waals surface area contributed by atoms with Gasteiger partial charge in [0.1, 0.15) is 0 Å². The van der Waals surface area contributed by atoms with Crippen LogP contribution in [0.5, 0.6) is 0 Å². The van der Waals surface area contributed by atoms with Crippen molar-refractivity contribution in [3.8, 4) is 0 Å². The summed E-state index contributed by atoms with van der Waals surface area (Å²) in [5.41, 5.74) is 7.84. The molecule has 46 heavy (non-hydrogen) atoms. The molecular weight excluding hydrogens is 556 g/mol. The maximum Gasteiger partial charge on any atom is 0.0546 e. The Kier molecular flexibility index (Phi) is 7.01. The van der Waals surface area contributed by atoms with Gasteiger partial charge in [-0.1, -0.05) is 128 Å². The Hall–Kier alpha value is -6.12. The van der Waals surface area contributed by atoms with Crippen LogP contribution in [0.15, 0.2) is 183 Å². The standard InChI is InChI=1S/C44H32N2/c1-2-32-26-28-36(29-27-32)46(35-20-10-5-11-21-35)44-31-42-37-22-12-14-24-39(37)43(30-41(42)38-23-13-15-25-40(38)44)45(33-16-6-3-7-17-33)34-18-8-4-9-19-34/h2-31H,1H2. The molecule has 8 aromatic carbocycles. The van der Waals surface area contributed by atoms with Gasteiger partial charge < -0.3 is 9.80 Å². The summed E-state index contributed by atoms with van der Waals surface area (Å²) < 4.78 is 0. The zero-order valence-electron chi connectivity index (χ0n) is 25.4. The van der Waals surface area contributed by atoms with Crippen LogP contribution in [0.4, 0.5) is 34.1 Å². The summed E-state index contributed by atoms with van der Waals surface area (Å²) in [6.07, 6.45) is 1.89. The zero-order chi connectivity index (χ0) is 30.9. The van der Waals surface area contributed by atoms with Crippen molar-refractivity contribution in [1.82, 2.24) is 0 Å². The molecule has 0 aliphatic rings. The number of anilines is 6. The van der Waals surface area contributed by atoms with Crippen LogP contribution in [0.3, 0.4) is 0 Å². The van der Waals surface area contributed by atoms with Crippen LogP contribution in [0, 0.1) is 0 Å². The summed E-state index contributed by atoms with van der Waals surface area (Å²) in [6.45, 7) is 3.97. The van der Waals surface area contributed by atoms with E-state index >= 15 is 0 Å². The van der Waals surface area contributed by atoms with Crippen molar-refractivity contribution < 1.29 is 0 Å². The van der Waals surface area contributed by atoms with E-state index in [1.54, 1.807) is 0 Å². The molecule has 0 amide bonds. The van der Waals surface area contributed by atoms with Crippen LogP contribution in [-0.2, 0) is 0 Å². The highest BCUT2D eigenvalue weighted by Crippen LogP contribution is 2.47. The highest BCUT2D eigenvalue weighted by molar-refractivity contribution is 6.24. The Morgan fingerprint density at radius 1 is 0.326 bits per heavy atom. The van der Waals surface area contributed by atoms with Gasteiger partial charge in [0.2, 0.25) is 0 Å². The minimum Gasteiger partial charge on any atom is -0.310 e. The molecule has 0 aliphatic carbocycles. The van der Waals surface area contributed by atoms with E-state index in [-0.39, 0.29) is 0 Å². The quantitative estimate of drug-likeness (QED) is 0.171. The van der Waals surface area contributed by atoms with Crippen molar-refractivity contribution in [2.75, 3.05) is 9.80 Å². The summed E-state index contributed by atoms with van der Waals surface area (Å²) in [7, 11) is 0. The van der Waals surface area contributed by atoms with E-state index < -0.39 is 0 Å². The lowest BCUT2D eigenvalue weighted by atomic mass is 9.93. The molecule has 0 heterocycles. The predicted molar refractivity (Wildman–Crippen MR) is 198 cm³/mol. The van der Waals surface area contributed by atoms with Gasteiger partial charge in [-0.05, 0) is 87.8 Å².